The summed E-state index contributed by atoms with van der Waals surface area (Å²) in [6.45, 7) is 6.65. The molecule has 0 amide bonds. The lowest BCUT2D eigenvalue weighted by molar-refractivity contribution is -0.167. The maximum Gasteiger partial charge on any atom is 0.306 e. The molecule has 1 atom stereocenters. The molecule has 0 fully saturated rings. The standard InChI is InChI=1S/C60H112O6/c1-4-7-10-13-16-19-21-23-25-26-27-28-29-30-31-32-33-34-36-37-39-41-44-47-50-53-59(62)65-56-57(55-64-58(61)52-49-46-43-18-15-12-9-6-3)66-60(63)54-51-48-45-42-40-38-35-24-22-20-17-14-11-8-5-2/h21,23,26-27,57H,4-20,22,24-25,28-56H2,1-3H3/b23-21-,27-26-. The molecule has 1 unspecified atom stereocenters. The zero-order valence-corrected chi connectivity index (χ0v) is 44.5. The summed E-state index contributed by atoms with van der Waals surface area (Å²) in [6, 6.07) is 0. The minimum atomic E-state index is -0.764. The molecule has 0 aliphatic heterocycles. The second-order valence-corrected chi connectivity index (χ2v) is 19.9. The average molecular weight is 930 g/mol. The first-order chi connectivity index (χ1) is 32.5. The van der Waals surface area contributed by atoms with Crippen LogP contribution in [0.4, 0.5) is 0 Å². The fraction of sp³-hybridized carbons (Fsp3) is 0.883. The molecule has 0 heterocycles. The van der Waals surface area contributed by atoms with Crippen LogP contribution in [-0.4, -0.2) is 37.2 Å². The Bertz CT molecular complexity index is 1070. The predicted molar refractivity (Wildman–Crippen MR) is 284 cm³/mol. The minimum Gasteiger partial charge on any atom is -0.462 e. The third-order valence-electron chi connectivity index (χ3n) is 13.2. The molecule has 0 N–H and O–H groups in total. The molecule has 66 heavy (non-hydrogen) atoms. The second kappa shape index (κ2) is 55.5. The van der Waals surface area contributed by atoms with Crippen LogP contribution in [0.5, 0.6) is 0 Å². The lowest BCUT2D eigenvalue weighted by Crippen LogP contribution is -2.30. The van der Waals surface area contributed by atoms with E-state index in [1.165, 1.54) is 218 Å². The Kier molecular flexibility index (Phi) is 53.7. The van der Waals surface area contributed by atoms with Crippen molar-refractivity contribution in [3.05, 3.63) is 24.3 Å². The number of ether oxygens (including phenoxy) is 3. The molecule has 0 bridgehead atoms. The Balaban J connectivity index is 4.12. The van der Waals surface area contributed by atoms with Crippen LogP contribution in [0, 0.1) is 0 Å². The molecule has 0 saturated carbocycles. The predicted octanol–water partition coefficient (Wildman–Crippen LogP) is 19.5. The van der Waals surface area contributed by atoms with Gasteiger partial charge in [0.15, 0.2) is 6.10 Å². The number of carbonyl (C=O) groups excluding carboxylic acids is 3. The Labute approximate surface area is 411 Å². The first kappa shape index (κ1) is 63.9. The van der Waals surface area contributed by atoms with E-state index in [2.05, 4.69) is 45.1 Å². The average Bonchev–Trinajstić information content (AvgIpc) is 3.31. The number of esters is 3. The first-order valence-corrected chi connectivity index (χ1v) is 29.3. The van der Waals surface area contributed by atoms with Crippen LogP contribution in [0.2, 0.25) is 0 Å². The lowest BCUT2D eigenvalue weighted by atomic mass is 10.0. The van der Waals surface area contributed by atoms with E-state index in [0.29, 0.717) is 19.3 Å². The summed E-state index contributed by atoms with van der Waals surface area (Å²) < 4.78 is 16.8. The van der Waals surface area contributed by atoms with Crippen molar-refractivity contribution in [2.75, 3.05) is 13.2 Å². The summed E-state index contributed by atoms with van der Waals surface area (Å²) in [5.41, 5.74) is 0. The molecule has 0 aromatic carbocycles. The van der Waals surface area contributed by atoms with Crippen LogP contribution < -0.4 is 0 Å². The highest BCUT2D eigenvalue weighted by molar-refractivity contribution is 5.71. The molecule has 0 aliphatic carbocycles. The van der Waals surface area contributed by atoms with Gasteiger partial charge in [-0.15, -0.1) is 0 Å². The molecule has 6 nitrogen and oxygen atoms in total. The Morgan fingerprint density at radius 1 is 0.303 bits per heavy atom. The van der Waals surface area contributed by atoms with E-state index in [1.54, 1.807) is 0 Å². The maximum atomic E-state index is 12.8. The summed E-state index contributed by atoms with van der Waals surface area (Å²) in [7, 11) is 0. The van der Waals surface area contributed by atoms with Crippen molar-refractivity contribution < 1.29 is 28.6 Å². The number of allylic oxidation sites excluding steroid dienone is 4. The monoisotopic (exact) mass is 929 g/mol. The van der Waals surface area contributed by atoms with E-state index in [0.717, 1.165) is 64.2 Å². The molecule has 0 rings (SSSR count). The van der Waals surface area contributed by atoms with Crippen LogP contribution in [0.15, 0.2) is 24.3 Å². The van der Waals surface area contributed by atoms with Gasteiger partial charge in [-0.2, -0.15) is 0 Å². The van der Waals surface area contributed by atoms with Gasteiger partial charge < -0.3 is 14.2 Å². The third kappa shape index (κ3) is 52.9. The van der Waals surface area contributed by atoms with Gasteiger partial charge in [0.2, 0.25) is 0 Å². The van der Waals surface area contributed by atoms with Crippen LogP contribution >= 0.6 is 0 Å². The highest BCUT2D eigenvalue weighted by Crippen LogP contribution is 2.17. The molecular formula is C60H112O6. The highest BCUT2D eigenvalue weighted by Gasteiger charge is 2.19. The topological polar surface area (TPSA) is 78.9 Å². The SMILES string of the molecule is CCCCCCC/C=C\C/C=C\CCCCCCCCCCCCCCCC(=O)OCC(COC(=O)CCCCCCCCCC)OC(=O)CCCCCCCCCCCCCCCCC. The Hall–Kier alpha value is -2.11. The van der Waals surface area contributed by atoms with Crippen molar-refractivity contribution in [1.82, 2.24) is 0 Å². The summed E-state index contributed by atoms with van der Waals surface area (Å²) in [4.78, 5) is 38.0. The van der Waals surface area contributed by atoms with Gasteiger partial charge in [-0.05, 0) is 51.4 Å². The van der Waals surface area contributed by atoms with Crippen molar-refractivity contribution in [2.24, 2.45) is 0 Å². The third-order valence-corrected chi connectivity index (χ3v) is 13.2. The largest absolute Gasteiger partial charge is 0.462 e. The summed E-state index contributed by atoms with van der Waals surface area (Å²) >= 11 is 0. The fourth-order valence-corrected chi connectivity index (χ4v) is 8.77. The number of rotatable bonds is 54. The number of hydrogen-bond acceptors (Lipinski definition) is 6. The molecule has 0 saturated heterocycles. The molecule has 0 aromatic heterocycles. The van der Waals surface area contributed by atoms with E-state index in [9.17, 15) is 14.4 Å². The molecular weight excluding hydrogens is 817 g/mol. The van der Waals surface area contributed by atoms with Crippen molar-refractivity contribution in [2.45, 2.75) is 329 Å². The second-order valence-electron chi connectivity index (χ2n) is 19.9. The normalized spacial score (nSPS) is 12.1. The number of unbranched alkanes of at least 4 members (excludes halogenated alkanes) is 39. The van der Waals surface area contributed by atoms with Gasteiger partial charge in [0.25, 0.3) is 0 Å². The van der Waals surface area contributed by atoms with Gasteiger partial charge in [0.1, 0.15) is 13.2 Å². The van der Waals surface area contributed by atoms with E-state index >= 15 is 0 Å². The zero-order valence-electron chi connectivity index (χ0n) is 44.5. The Morgan fingerprint density at radius 2 is 0.545 bits per heavy atom. The minimum absolute atomic E-state index is 0.0661. The van der Waals surface area contributed by atoms with Gasteiger partial charge >= 0.3 is 17.9 Å². The maximum absolute atomic E-state index is 12.8. The highest BCUT2D eigenvalue weighted by atomic mass is 16.6. The number of hydrogen-bond donors (Lipinski definition) is 0. The number of carbonyl (C=O) groups is 3. The van der Waals surface area contributed by atoms with Crippen molar-refractivity contribution in [1.29, 1.82) is 0 Å². The summed E-state index contributed by atoms with van der Waals surface area (Å²) in [6.07, 6.45) is 64.7. The van der Waals surface area contributed by atoms with E-state index in [-0.39, 0.29) is 31.1 Å². The van der Waals surface area contributed by atoms with E-state index in [4.69, 9.17) is 14.2 Å². The molecule has 6 heteroatoms. The van der Waals surface area contributed by atoms with Crippen LogP contribution in [0.3, 0.4) is 0 Å². The van der Waals surface area contributed by atoms with Crippen molar-refractivity contribution in [3.8, 4) is 0 Å². The van der Waals surface area contributed by atoms with Crippen molar-refractivity contribution in [3.63, 3.8) is 0 Å². The quantitative estimate of drug-likeness (QED) is 0.0262. The Morgan fingerprint density at radius 3 is 0.833 bits per heavy atom. The van der Waals surface area contributed by atoms with E-state index in [1.807, 2.05) is 0 Å². The molecule has 0 radical (unpaired) electrons. The first-order valence-electron chi connectivity index (χ1n) is 29.3. The van der Waals surface area contributed by atoms with Crippen molar-refractivity contribution >= 4 is 17.9 Å². The summed E-state index contributed by atoms with van der Waals surface area (Å²) in [5.74, 6) is -0.851. The summed E-state index contributed by atoms with van der Waals surface area (Å²) in [5, 5.41) is 0. The lowest BCUT2D eigenvalue weighted by Gasteiger charge is -2.18. The molecule has 0 aromatic rings. The fourth-order valence-electron chi connectivity index (χ4n) is 8.77. The van der Waals surface area contributed by atoms with Crippen LogP contribution in [0.25, 0.3) is 0 Å². The van der Waals surface area contributed by atoms with Crippen LogP contribution in [0.1, 0.15) is 323 Å². The van der Waals surface area contributed by atoms with E-state index < -0.39 is 6.10 Å². The van der Waals surface area contributed by atoms with Gasteiger partial charge in [-0.25, -0.2) is 0 Å². The van der Waals surface area contributed by atoms with Gasteiger partial charge in [-0.3, -0.25) is 14.4 Å². The van der Waals surface area contributed by atoms with Gasteiger partial charge in [0.05, 0.1) is 0 Å². The smallest absolute Gasteiger partial charge is 0.306 e. The van der Waals surface area contributed by atoms with Gasteiger partial charge in [-0.1, -0.05) is 276 Å². The molecule has 388 valence electrons. The molecule has 0 aliphatic rings. The molecule has 0 spiro atoms. The zero-order chi connectivity index (χ0) is 47.9. The van der Waals surface area contributed by atoms with Crippen LogP contribution in [-0.2, 0) is 28.6 Å². The van der Waals surface area contributed by atoms with Gasteiger partial charge in [0, 0.05) is 19.3 Å².